The topological polar surface area (TPSA) is 71.2 Å². The van der Waals surface area contributed by atoms with Gasteiger partial charge in [-0.15, -0.1) is 0 Å². The van der Waals surface area contributed by atoms with E-state index in [9.17, 15) is 4.79 Å². The normalized spacial score (nSPS) is 10.8. The van der Waals surface area contributed by atoms with Crippen LogP contribution in [0.4, 0.5) is 0 Å². The van der Waals surface area contributed by atoms with Crippen LogP contribution in [-0.4, -0.2) is 26.9 Å². The molecule has 0 aliphatic carbocycles. The first kappa shape index (κ1) is 19.4. The van der Waals surface area contributed by atoms with Gasteiger partial charge in [0.2, 0.25) is 0 Å². The number of aromatic nitrogens is 4. The summed E-state index contributed by atoms with van der Waals surface area (Å²) < 4.78 is 14.1. The largest absolute Gasteiger partial charge is 0.496 e. The molecule has 0 spiro atoms. The van der Waals surface area contributed by atoms with Crippen molar-refractivity contribution in [2.24, 2.45) is 7.05 Å². The van der Waals surface area contributed by atoms with Crippen LogP contribution >= 0.6 is 0 Å². The Balaban J connectivity index is 1.64. The molecule has 0 aliphatic heterocycles. The van der Waals surface area contributed by atoms with Gasteiger partial charge in [-0.1, -0.05) is 42.5 Å². The molecular weight excluding hydrogens is 380 g/mol. The zero-order valence-corrected chi connectivity index (χ0v) is 17.1. The molecule has 0 aliphatic rings. The van der Waals surface area contributed by atoms with E-state index in [1.165, 1.54) is 9.36 Å². The highest BCUT2D eigenvalue weighted by atomic mass is 16.5. The minimum absolute atomic E-state index is 0.292. The monoisotopic (exact) mass is 402 g/mol. The predicted octanol–water partition coefficient (Wildman–Crippen LogP) is 3.53. The fraction of sp³-hybridized carbons (Fsp3) is 0.174. The summed E-state index contributed by atoms with van der Waals surface area (Å²) in [5.74, 6) is 1.52. The number of benzene rings is 3. The van der Waals surface area contributed by atoms with Crippen molar-refractivity contribution in [1.29, 1.82) is 0 Å². The van der Waals surface area contributed by atoms with Crippen LogP contribution in [0.25, 0.3) is 16.8 Å². The third-order valence-electron chi connectivity index (χ3n) is 4.97. The fourth-order valence-corrected chi connectivity index (χ4v) is 3.33. The Hall–Kier alpha value is -3.87. The highest BCUT2D eigenvalue weighted by molar-refractivity contribution is 5.71. The van der Waals surface area contributed by atoms with Crippen LogP contribution in [-0.2, 0) is 13.7 Å². The molecule has 3 aromatic carbocycles. The van der Waals surface area contributed by atoms with Gasteiger partial charge >= 0.3 is 5.69 Å². The summed E-state index contributed by atoms with van der Waals surface area (Å²) in [6, 6.07) is 21.4. The maximum absolute atomic E-state index is 12.3. The van der Waals surface area contributed by atoms with E-state index in [4.69, 9.17) is 9.47 Å². The number of rotatable bonds is 6. The first-order valence-electron chi connectivity index (χ1n) is 9.52. The molecular formula is C23H22N4O3. The zero-order chi connectivity index (χ0) is 21.1. The van der Waals surface area contributed by atoms with Gasteiger partial charge in [0.15, 0.2) is 0 Å². The van der Waals surface area contributed by atoms with Crippen LogP contribution in [0.15, 0.2) is 71.5 Å². The predicted molar refractivity (Wildman–Crippen MR) is 114 cm³/mol. The van der Waals surface area contributed by atoms with Crippen molar-refractivity contribution in [2.75, 3.05) is 7.11 Å². The van der Waals surface area contributed by atoms with Crippen molar-refractivity contribution in [3.05, 3.63) is 88.3 Å². The van der Waals surface area contributed by atoms with Gasteiger partial charge in [0.05, 0.1) is 12.8 Å². The molecule has 4 aromatic rings. The number of tetrazole rings is 1. The third-order valence-corrected chi connectivity index (χ3v) is 4.97. The molecule has 7 heteroatoms. The number of para-hydroxylation sites is 1. The molecule has 0 bridgehead atoms. The highest BCUT2D eigenvalue weighted by Gasteiger charge is 2.14. The first-order chi connectivity index (χ1) is 14.6. The molecule has 0 N–H and O–H groups in total. The molecule has 0 unspecified atom stereocenters. The van der Waals surface area contributed by atoms with Gasteiger partial charge in [0.1, 0.15) is 18.1 Å². The fourth-order valence-electron chi connectivity index (χ4n) is 3.33. The van der Waals surface area contributed by atoms with Crippen molar-refractivity contribution in [3.8, 4) is 28.3 Å². The molecule has 0 atom stereocenters. The molecule has 1 heterocycles. The van der Waals surface area contributed by atoms with E-state index in [1.807, 2.05) is 73.7 Å². The minimum Gasteiger partial charge on any atom is -0.496 e. The zero-order valence-electron chi connectivity index (χ0n) is 17.1. The van der Waals surface area contributed by atoms with Gasteiger partial charge in [0, 0.05) is 18.2 Å². The average Bonchev–Trinajstić information content (AvgIpc) is 3.11. The molecule has 0 amide bonds. The second-order valence-electron chi connectivity index (χ2n) is 6.89. The Kier molecular flexibility index (Phi) is 5.34. The standard InChI is InChI=1S/C23H22N4O3/c1-16-8-6-12-21(27-23(28)26(2)24-25-27)20(16)15-30-18-10-7-9-17(14-18)19-11-4-5-13-22(19)29-3/h4-14H,15H2,1-3H3. The summed E-state index contributed by atoms with van der Waals surface area (Å²) in [6.07, 6.45) is 0. The van der Waals surface area contributed by atoms with E-state index >= 15 is 0 Å². The Morgan fingerprint density at radius 1 is 0.967 bits per heavy atom. The molecule has 0 saturated carbocycles. The third kappa shape index (κ3) is 3.69. The number of methoxy groups -OCH3 is 1. The molecule has 0 radical (unpaired) electrons. The molecule has 4 rings (SSSR count). The van der Waals surface area contributed by atoms with E-state index in [2.05, 4.69) is 10.4 Å². The molecule has 1 aromatic heterocycles. The average molecular weight is 402 g/mol. The van der Waals surface area contributed by atoms with E-state index in [0.717, 1.165) is 33.8 Å². The Morgan fingerprint density at radius 2 is 1.77 bits per heavy atom. The molecule has 30 heavy (non-hydrogen) atoms. The van der Waals surface area contributed by atoms with Crippen molar-refractivity contribution >= 4 is 0 Å². The quantitative estimate of drug-likeness (QED) is 0.493. The SMILES string of the molecule is COc1ccccc1-c1cccc(OCc2c(C)cccc2-n2nnn(C)c2=O)c1. The van der Waals surface area contributed by atoms with Crippen LogP contribution in [0.5, 0.6) is 11.5 Å². The van der Waals surface area contributed by atoms with Crippen molar-refractivity contribution in [1.82, 2.24) is 19.8 Å². The maximum Gasteiger partial charge on any atom is 0.368 e. The summed E-state index contributed by atoms with van der Waals surface area (Å²) in [4.78, 5) is 12.3. The maximum atomic E-state index is 12.3. The van der Waals surface area contributed by atoms with Gasteiger partial charge in [-0.3, -0.25) is 0 Å². The Labute approximate surface area is 174 Å². The number of hydrogen-bond donors (Lipinski definition) is 0. The van der Waals surface area contributed by atoms with Crippen molar-refractivity contribution < 1.29 is 9.47 Å². The van der Waals surface area contributed by atoms with E-state index in [1.54, 1.807) is 14.2 Å². The summed E-state index contributed by atoms with van der Waals surface area (Å²) in [5.41, 5.74) is 4.23. The summed E-state index contributed by atoms with van der Waals surface area (Å²) >= 11 is 0. The Morgan fingerprint density at radius 3 is 2.53 bits per heavy atom. The second kappa shape index (κ2) is 8.24. The van der Waals surface area contributed by atoms with Crippen molar-refractivity contribution in [2.45, 2.75) is 13.5 Å². The number of hydrogen-bond acceptors (Lipinski definition) is 5. The smallest absolute Gasteiger partial charge is 0.368 e. The van der Waals surface area contributed by atoms with E-state index in [-0.39, 0.29) is 5.69 Å². The van der Waals surface area contributed by atoms with Crippen LogP contribution in [0.2, 0.25) is 0 Å². The minimum atomic E-state index is -0.306. The van der Waals surface area contributed by atoms with E-state index in [0.29, 0.717) is 12.3 Å². The number of aryl methyl sites for hydroxylation is 2. The van der Waals surface area contributed by atoms with Crippen LogP contribution in [0.1, 0.15) is 11.1 Å². The lowest BCUT2D eigenvalue weighted by atomic mass is 10.0. The number of nitrogens with zero attached hydrogens (tertiary/aromatic N) is 4. The van der Waals surface area contributed by atoms with Crippen LogP contribution < -0.4 is 15.2 Å². The Bertz CT molecular complexity index is 1240. The highest BCUT2D eigenvalue weighted by Crippen LogP contribution is 2.32. The summed E-state index contributed by atoms with van der Waals surface area (Å²) in [6.45, 7) is 2.27. The lowest BCUT2D eigenvalue weighted by molar-refractivity contribution is 0.305. The van der Waals surface area contributed by atoms with Gasteiger partial charge in [-0.2, -0.15) is 9.36 Å². The van der Waals surface area contributed by atoms with Gasteiger partial charge in [-0.25, -0.2) is 4.79 Å². The first-order valence-corrected chi connectivity index (χ1v) is 9.52. The second-order valence-corrected chi connectivity index (χ2v) is 6.89. The van der Waals surface area contributed by atoms with Crippen LogP contribution in [0.3, 0.4) is 0 Å². The van der Waals surface area contributed by atoms with Gasteiger partial charge < -0.3 is 9.47 Å². The van der Waals surface area contributed by atoms with Gasteiger partial charge in [0.25, 0.3) is 0 Å². The summed E-state index contributed by atoms with van der Waals surface area (Å²) in [7, 11) is 3.23. The van der Waals surface area contributed by atoms with Crippen molar-refractivity contribution in [3.63, 3.8) is 0 Å². The van der Waals surface area contributed by atoms with Gasteiger partial charge in [-0.05, 0) is 52.7 Å². The summed E-state index contributed by atoms with van der Waals surface area (Å²) in [5, 5.41) is 7.77. The van der Waals surface area contributed by atoms with E-state index < -0.39 is 0 Å². The molecule has 0 fully saturated rings. The molecule has 0 saturated heterocycles. The molecule has 7 nitrogen and oxygen atoms in total. The lowest BCUT2D eigenvalue weighted by Crippen LogP contribution is -2.23. The number of ether oxygens (including phenoxy) is 2. The molecule has 152 valence electrons. The van der Waals surface area contributed by atoms with Crippen LogP contribution in [0, 0.1) is 6.92 Å². The lowest BCUT2D eigenvalue weighted by Gasteiger charge is -2.14.